The molecule has 0 aliphatic heterocycles. The van der Waals surface area contributed by atoms with Gasteiger partial charge in [-0.05, 0) is 31.0 Å². The standard InChI is InChI=1S/C14H22N2O2/c1-4-13(17)11-6-8-12(9-7-11)16(3)10-14(18)15-5-2/h6-9,13,17H,4-5,10H2,1-3H3,(H,15,18). The molecule has 0 aliphatic rings. The first kappa shape index (κ1) is 14.5. The third-order valence-electron chi connectivity index (χ3n) is 2.86. The van der Waals surface area contributed by atoms with Crippen molar-refractivity contribution in [1.29, 1.82) is 0 Å². The summed E-state index contributed by atoms with van der Waals surface area (Å²) in [5.74, 6) is 0.0117. The molecule has 0 bridgehead atoms. The van der Waals surface area contributed by atoms with Crippen molar-refractivity contribution in [2.24, 2.45) is 0 Å². The fraction of sp³-hybridized carbons (Fsp3) is 0.500. The first-order chi connectivity index (χ1) is 8.58. The van der Waals surface area contributed by atoms with Gasteiger partial charge in [0.05, 0.1) is 12.6 Å². The van der Waals surface area contributed by atoms with Gasteiger partial charge >= 0.3 is 0 Å². The first-order valence-corrected chi connectivity index (χ1v) is 6.34. The summed E-state index contributed by atoms with van der Waals surface area (Å²) in [5.41, 5.74) is 1.88. The van der Waals surface area contributed by atoms with Gasteiger partial charge in [0, 0.05) is 19.3 Å². The van der Waals surface area contributed by atoms with E-state index >= 15 is 0 Å². The number of carbonyl (C=O) groups excluding carboxylic acids is 1. The third-order valence-corrected chi connectivity index (χ3v) is 2.86. The number of benzene rings is 1. The number of rotatable bonds is 6. The maximum Gasteiger partial charge on any atom is 0.239 e. The van der Waals surface area contributed by atoms with E-state index < -0.39 is 6.10 Å². The van der Waals surface area contributed by atoms with Crippen molar-refractivity contribution in [3.63, 3.8) is 0 Å². The van der Waals surface area contributed by atoms with Crippen LogP contribution in [-0.2, 0) is 4.79 Å². The highest BCUT2D eigenvalue weighted by Gasteiger charge is 2.08. The topological polar surface area (TPSA) is 52.6 Å². The lowest BCUT2D eigenvalue weighted by Gasteiger charge is -2.19. The minimum Gasteiger partial charge on any atom is -0.388 e. The van der Waals surface area contributed by atoms with E-state index in [1.807, 2.05) is 50.1 Å². The highest BCUT2D eigenvalue weighted by Crippen LogP contribution is 2.20. The summed E-state index contributed by atoms with van der Waals surface area (Å²) in [4.78, 5) is 13.3. The number of hydrogen-bond donors (Lipinski definition) is 2. The summed E-state index contributed by atoms with van der Waals surface area (Å²) < 4.78 is 0. The molecule has 1 amide bonds. The predicted molar refractivity (Wildman–Crippen MR) is 73.6 cm³/mol. The minimum atomic E-state index is -0.409. The Bertz CT molecular complexity index is 376. The van der Waals surface area contributed by atoms with Crippen molar-refractivity contribution >= 4 is 11.6 Å². The summed E-state index contributed by atoms with van der Waals surface area (Å²) in [7, 11) is 1.88. The van der Waals surface area contributed by atoms with Crippen LogP contribution in [0.5, 0.6) is 0 Å². The number of anilines is 1. The van der Waals surface area contributed by atoms with E-state index in [4.69, 9.17) is 0 Å². The second kappa shape index (κ2) is 7.01. The van der Waals surface area contributed by atoms with Gasteiger partial charge in [0.2, 0.25) is 5.91 Å². The summed E-state index contributed by atoms with van der Waals surface area (Å²) >= 11 is 0. The van der Waals surface area contributed by atoms with E-state index in [0.29, 0.717) is 19.5 Å². The highest BCUT2D eigenvalue weighted by atomic mass is 16.3. The molecule has 0 aliphatic carbocycles. The van der Waals surface area contributed by atoms with Crippen LogP contribution in [-0.4, -0.2) is 31.2 Å². The Morgan fingerprint density at radius 3 is 2.44 bits per heavy atom. The van der Waals surface area contributed by atoms with Crippen LogP contribution in [0.2, 0.25) is 0 Å². The Labute approximate surface area is 109 Å². The molecule has 4 heteroatoms. The molecule has 0 radical (unpaired) electrons. The molecule has 1 aromatic rings. The lowest BCUT2D eigenvalue weighted by atomic mass is 10.1. The maximum absolute atomic E-state index is 11.5. The Kier molecular flexibility index (Phi) is 5.65. The molecule has 18 heavy (non-hydrogen) atoms. The van der Waals surface area contributed by atoms with E-state index in [-0.39, 0.29) is 5.91 Å². The molecule has 0 heterocycles. The van der Waals surface area contributed by atoms with Gasteiger partial charge in [0.1, 0.15) is 0 Å². The van der Waals surface area contributed by atoms with E-state index in [2.05, 4.69) is 5.32 Å². The normalized spacial score (nSPS) is 12.0. The number of aliphatic hydroxyl groups is 1. The Morgan fingerprint density at radius 1 is 1.33 bits per heavy atom. The van der Waals surface area contributed by atoms with E-state index in [1.54, 1.807) is 0 Å². The van der Waals surface area contributed by atoms with Gasteiger partial charge in [0.25, 0.3) is 0 Å². The van der Waals surface area contributed by atoms with Gasteiger partial charge in [-0.2, -0.15) is 0 Å². The summed E-state index contributed by atoms with van der Waals surface area (Å²) in [6, 6.07) is 7.65. The number of carbonyl (C=O) groups is 1. The lowest BCUT2D eigenvalue weighted by molar-refractivity contribution is -0.119. The van der Waals surface area contributed by atoms with Crippen LogP contribution < -0.4 is 10.2 Å². The third kappa shape index (κ3) is 4.04. The van der Waals surface area contributed by atoms with Crippen LogP contribution in [0.3, 0.4) is 0 Å². The first-order valence-electron chi connectivity index (χ1n) is 6.34. The predicted octanol–water partition coefficient (Wildman–Crippen LogP) is 1.70. The molecule has 0 saturated heterocycles. The molecular weight excluding hydrogens is 228 g/mol. The largest absolute Gasteiger partial charge is 0.388 e. The monoisotopic (exact) mass is 250 g/mol. The average molecular weight is 250 g/mol. The van der Waals surface area contributed by atoms with Crippen LogP contribution in [0.1, 0.15) is 31.9 Å². The molecule has 4 nitrogen and oxygen atoms in total. The Balaban J connectivity index is 2.64. The number of nitrogens with one attached hydrogen (secondary N) is 1. The Hall–Kier alpha value is -1.55. The van der Waals surface area contributed by atoms with E-state index in [9.17, 15) is 9.90 Å². The summed E-state index contributed by atoms with van der Waals surface area (Å²) in [6.45, 7) is 4.83. The molecule has 1 rings (SSSR count). The van der Waals surface area contributed by atoms with Crippen LogP contribution >= 0.6 is 0 Å². The molecule has 2 N–H and O–H groups in total. The zero-order valence-electron chi connectivity index (χ0n) is 11.3. The van der Waals surface area contributed by atoms with Crippen molar-refractivity contribution in [3.8, 4) is 0 Å². The fourth-order valence-corrected chi connectivity index (χ4v) is 1.75. The lowest BCUT2D eigenvalue weighted by Crippen LogP contribution is -2.34. The smallest absolute Gasteiger partial charge is 0.239 e. The van der Waals surface area contributed by atoms with Gasteiger partial charge in [-0.15, -0.1) is 0 Å². The number of hydrogen-bond acceptors (Lipinski definition) is 3. The molecule has 0 saturated carbocycles. The van der Waals surface area contributed by atoms with Crippen molar-refractivity contribution in [2.45, 2.75) is 26.4 Å². The molecular formula is C14H22N2O2. The van der Waals surface area contributed by atoms with Gasteiger partial charge < -0.3 is 15.3 Å². The summed E-state index contributed by atoms with van der Waals surface area (Å²) in [6.07, 6.45) is 0.293. The second-order valence-corrected chi connectivity index (χ2v) is 4.33. The molecule has 1 unspecified atom stereocenters. The zero-order chi connectivity index (χ0) is 13.5. The number of nitrogens with zero attached hydrogens (tertiary/aromatic N) is 1. The number of amides is 1. The van der Waals surface area contributed by atoms with E-state index in [0.717, 1.165) is 11.3 Å². The Morgan fingerprint density at radius 2 is 1.94 bits per heavy atom. The van der Waals surface area contributed by atoms with Gasteiger partial charge in [-0.25, -0.2) is 0 Å². The van der Waals surface area contributed by atoms with Crippen LogP contribution in [0.15, 0.2) is 24.3 Å². The number of likely N-dealkylation sites (N-methyl/N-ethyl adjacent to an activating group) is 2. The van der Waals surface area contributed by atoms with Crippen LogP contribution in [0.4, 0.5) is 5.69 Å². The second-order valence-electron chi connectivity index (χ2n) is 4.33. The van der Waals surface area contributed by atoms with E-state index in [1.165, 1.54) is 0 Å². The van der Waals surface area contributed by atoms with Crippen LogP contribution in [0.25, 0.3) is 0 Å². The average Bonchev–Trinajstić information content (AvgIpc) is 2.38. The SMILES string of the molecule is CCNC(=O)CN(C)c1ccc(C(O)CC)cc1. The van der Waals surface area contributed by atoms with Crippen molar-refractivity contribution in [1.82, 2.24) is 5.32 Å². The van der Waals surface area contributed by atoms with Crippen molar-refractivity contribution in [3.05, 3.63) is 29.8 Å². The summed E-state index contributed by atoms with van der Waals surface area (Å²) in [5, 5.41) is 12.5. The van der Waals surface area contributed by atoms with Gasteiger partial charge in [-0.1, -0.05) is 19.1 Å². The highest BCUT2D eigenvalue weighted by molar-refractivity contribution is 5.81. The molecule has 1 atom stereocenters. The van der Waals surface area contributed by atoms with Crippen LogP contribution in [0, 0.1) is 0 Å². The number of aliphatic hydroxyl groups excluding tert-OH is 1. The fourth-order valence-electron chi connectivity index (χ4n) is 1.75. The quantitative estimate of drug-likeness (QED) is 0.808. The van der Waals surface area contributed by atoms with Crippen molar-refractivity contribution < 1.29 is 9.90 Å². The molecule has 1 aromatic carbocycles. The van der Waals surface area contributed by atoms with Gasteiger partial charge in [-0.3, -0.25) is 4.79 Å². The minimum absolute atomic E-state index is 0.0117. The molecule has 0 fully saturated rings. The maximum atomic E-state index is 11.5. The molecule has 100 valence electrons. The van der Waals surface area contributed by atoms with Gasteiger partial charge in [0.15, 0.2) is 0 Å². The van der Waals surface area contributed by atoms with Crippen molar-refractivity contribution in [2.75, 3.05) is 25.0 Å². The zero-order valence-corrected chi connectivity index (χ0v) is 11.3. The molecule has 0 aromatic heterocycles. The molecule has 0 spiro atoms.